The number of amides is 1. The Kier molecular flexibility index (Phi) is 8.06. The molecule has 1 amide bonds. The fourth-order valence-corrected chi connectivity index (χ4v) is 3.64. The molecule has 0 unspecified atom stereocenters. The smallest absolute Gasteiger partial charge is 0.340 e. The number of aryl methyl sites for hydroxylation is 1. The molecule has 0 atom stereocenters. The number of nitrogens with zero attached hydrogens (tertiary/aromatic N) is 2. The molecule has 7 nitrogen and oxygen atoms in total. The molecule has 2 aromatic carbocycles. The average Bonchev–Trinajstić information content (AvgIpc) is 3.05. The van der Waals surface area contributed by atoms with Crippen LogP contribution in [0.25, 0.3) is 5.69 Å². The van der Waals surface area contributed by atoms with Gasteiger partial charge in [0.1, 0.15) is 0 Å². The van der Waals surface area contributed by atoms with Crippen molar-refractivity contribution in [2.24, 2.45) is 5.10 Å². The minimum absolute atomic E-state index is 0.101. The Labute approximate surface area is 202 Å². The van der Waals surface area contributed by atoms with Crippen molar-refractivity contribution >= 4 is 39.7 Å². The highest BCUT2D eigenvalue weighted by molar-refractivity contribution is 9.10. The number of nitrogens with one attached hydrogen (secondary N) is 2. The van der Waals surface area contributed by atoms with Crippen molar-refractivity contribution in [1.82, 2.24) is 9.99 Å². The van der Waals surface area contributed by atoms with Crippen LogP contribution in [0.5, 0.6) is 0 Å². The van der Waals surface area contributed by atoms with E-state index in [1.807, 2.05) is 80.8 Å². The molecule has 3 aromatic rings. The second kappa shape index (κ2) is 11.0. The fourth-order valence-electron chi connectivity index (χ4n) is 3.37. The molecule has 3 rings (SSSR count). The third kappa shape index (κ3) is 6.32. The first-order valence-corrected chi connectivity index (χ1v) is 11.4. The Hall–Kier alpha value is -3.39. The summed E-state index contributed by atoms with van der Waals surface area (Å²) in [7, 11) is 0. The standard InChI is InChI=1S/C25H27BrN4O3/c1-16(2)33-25(32)22-7-5-6-8-23(22)30-17(3)13-19(18(30)4)14-28-29-24(31)15-27-21-11-9-20(26)10-12-21/h5-14,16,27H,15H2,1-4H3,(H,29,31)/b28-14-. The lowest BCUT2D eigenvalue weighted by atomic mass is 10.1. The van der Waals surface area contributed by atoms with Gasteiger partial charge in [0.15, 0.2) is 0 Å². The van der Waals surface area contributed by atoms with Crippen molar-refractivity contribution in [2.45, 2.75) is 33.8 Å². The molecule has 1 heterocycles. The summed E-state index contributed by atoms with van der Waals surface area (Å²) in [6.45, 7) is 7.64. The normalized spacial score (nSPS) is 11.1. The summed E-state index contributed by atoms with van der Waals surface area (Å²) < 4.78 is 8.36. The van der Waals surface area contributed by atoms with Crippen molar-refractivity contribution in [2.75, 3.05) is 11.9 Å². The van der Waals surface area contributed by atoms with Gasteiger partial charge >= 0.3 is 5.97 Å². The van der Waals surface area contributed by atoms with E-state index in [9.17, 15) is 9.59 Å². The number of hydrogen-bond acceptors (Lipinski definition) is 5. The SMILES string of the molecule is Cc1cc(/C=N\NC(=O)CNc2ccc(Br)cc2)c(C)n1-c1ccccc1C(=O)OC(C)C. The summed E-state index contributed by atoms with van der Waals surface area (Å²) in [5.41, 5.74) is 7.26. The van der Waals surface area contributed by atoms with Crippen LogP contribution in [0.4, 0.5) is 5.69 Å². The second-order valence-electron chi connectivity index (χ2n) is 7.79. The average molecular weight is 511 g/mol. The third-order valence-corrected chi connectivity index (χ3v) is 5.40. The number of aromatic nitrogens is 1. The second-order valence-corrected chi connectivity index (χ2v) is 8.70. The summed E-state index contributed by atoms with van der Waals surface area (Å²) in [6.07, 6.45) is 1.40. The van der Waals surface area contributed by atoms with Crippen molar-refractivity contribution in [1.29, 1.82) is 0 Å². The molecule has 0 spiro atoms. The van der Waals surface area contributed by atoms with Gasteiger partial charge in [-0.05, 0) is 70.2 Å². The molecule has 0 bridgehead atoms. The molecular weight excluding hydrogens is 484 g/mol. The number of ether oxygens (including phenoxy) is 1. The Morgan fingerprint density at radius 1 is 1.12 bits per heavy atom. The highest BCUT2D eigenvalue weighted by atomic mass is 79.9. The van der Waals surface area contributed by atoms with Gasteiger partial charge in [-0.2, -0.15) is 5.10 Å². The van der Waals surface area contributed by atoms with Crippen LogP contribution in [0.3, 0.4) is 0 Å². The van der Waals surface area contributed by atoms with Crippen LogP contribution < -0.4 is 10.7 Å². The maximum atomic E-state index is 12.6. The van der Waals surface area contributed by atoms with E-state index < -0.39 is 0 Å². The molecule has 0 radical (unpaired) electrons. The molecular formula is C25H27BrN4O3. The van der Waals surface area contributed by atoms with E-state index in [0.717, 1.165) is 32.8 Å². The van der Waals surface area contributed by atoms with Crippen LogP contribution in [-0.4, -0.2) is 35.3 Å². The summed E-state index contributed by atoms with van der Waals surface area (Å²) in [4.78, 5) is 24.7. The van der Waals surface area contributed by atoms with E-state index in [4.69, 9.17) is 4.74 Å². The first-order chi connectivity index (χ1) is 15.8. The van der Waals surface area contributed by atoms with E-state index in [1.165, 1.54) is 0 Å². The van der Waals surface area contributed by atoms with Crippen molar-refractivity contribution in [3.05, 3.63) is 81.6 Å². The van der Waals surface area contributed by atoms with Crippen LogP contribution in [0.1, 0.15) is 41.2 Å². The lowest BCUT2D eigenvalue weighted by Gasteiger charge is -2.15. The molecule has 8 heteroatoms. The number of rotatable bonds is 8. The number of hydrogen-bond donors (Lipinski definition) is 2. The van der Waals surface area contributed by atoms with Gasteiger partial charge < -0.3 is 14.6 Å². The van der Waals surface area contributed by atoms with Crippen LogP contribution in [-0.2, 0) is 9.53 Å². The lowest BCUT2D eigenvalue weighted by Crippen LogP contribution is -2.25. The van der Waals surface area contributed by atoms with E-state index in [0.29, 0.717) is 5.56 Å². The Morgan fingerprint density at radius 2 is 1.82 bits per heavy atom. The molecule has 33 heavy (non-hydrogen) atoms. The Balaban J connectivity index is 1.71. The summed E-state index contributed by atoms with van der Waals surface area (Å²) in [6, 6.07) is 16.8. The number of halogens is 1. The molecule has 0 aliphatic carbocycles. The first-order valence-electron chi connectivity index (χ1n) is 10.6. The number of benzene rings is 2. The van der Waals surface area contributed by atoms with Gasteiger partial charge in [0.05, 0.1) is 30.1 Å². The van der Waals surface area contributed by atoms with Gasteiger partial charge in [0.25, 0.3) is 5.91 Å². The van der Waals surface area contributed by atoms with Crippen LogP contribution in [0.15, 0.2) is 64.2 Å². The molecule has 0 aliphatic rings. The molecule has 0 fully saturated rings. The van der Waals surface area contributed by atoms with E-state index in [-0.39, 0.29) is 24.5 Å². The maximum Gasteiger partial charge on any atom is 0.340 e. The van der Waals surface area contributed by atoms with Crippen molar-refractivity contribution in [3.63, 3.8) is 0 Å². The maximum absolute atomic E-state index is 12.6. The van der Waals surface area contributed by atoms with Crippen LogP contribution >= 0.6 is 15.9 Å². The van der Waals surface area contributed by atoms with Gasteiger partial charge in [-0.3, -0.25) is 4.79 Å². The molecule has 0 saturated heterocycles. The van der Waals surface area contributed by atoms with Gasteiger partial charge in [0, 0.05) is 27.1 Å². The predicted molar refractivity (Wildman–Crippen MR) is 134 cm³/mol. The van der Waals surface area contributed by atoms with E-state index in [1.54, 1.807) is 12.3 Å². The van der Waals surface area contributed by atoms with E-state index in [2.05, 4.69) is 31.8 Å². The monoisotopic (exact) mass is 510 g/mol. The van der Waals surface area contributed by atoms with Crippen molar-refractivity contribution in [3.8, 4) is 5.69 Å². The number of esters is 1. The van der Waals surface area contributed by atoms with Gasteiger partial charge in [-0.15, -0.1) is 0 Å². The zero-order valence-electron chi connectivity index (χ0n) is 19.1. The Bertz CT molecular complexity index is 1170. The summed E-state index contributed by atoms with van der Waals surface area (Å²) in [5, 5.41) is 7.14. The molecule has 0 aliphatic heterocycles. The quantitative estimate of drug-likeness (QED) is 0.254. The number of anilines is 1. The number of para-hydroxylation sites is 1. The minimum atomic E-state index is -0.367. The van der Waals surface area contributed by atoms with Crippen LogP contribution in [0, 0.1) is 13.8 Å². The predicted octanol–water partition coefficient (Wildman–Crippen LogP) is 4.98. The van der Waals surface area contributed by atoms with Crippen LogP contribution in [0.2, 0.25) is 0 Å². The minimum Gasteiger partial charge on any atom is -0.459 e. The fraction of sp³-hybridized carbons (Fsp3) is 0.240. The summed E-state index contributed by atoms with van der Waals surface area (Å²) in [5.74, 6) is -0.626. The first kappa shape index (κ1) is 24.3. The zero-order valence-corrected chi connectivity index (χ0v) is 20.6. The summed E-state index contributed by atoms with van der Waals surface area (Å²) >= 11 is 3.38. The number of hydrazone groups is 1. The molecule has 2 N–H and O–H groups in total. The largest absolute Gasteiger partial charge is 0.459 e. The topological polar surface area (TPSA) is 84.7 Å². The van der Waals surface area contributed by atoms with Crippen molar-refractivity contribution < 1.29 is 14.3 Å². The molecule has 172 valence electrons. The molecule has 0 saturated carbocycles. The van der Waals surface area contributed by atoms with Gasteiger partial charge in [-0.1, -0.05) is 28.1 Å². The Morgan fingerprint density at radius 3 is 2.52 bits per heavy atom. The lowest BCUT2D eigenvalue weighted by molar-refractivity contribution is -0.119. The number of carbonyl (C=O) groups is 2. The van der Waals surface area contributed by atoms with Gasteiger partial charge in [0.2, 0.25) is 0 Å². The third-order valence-electron chi connectivity index (χ3n) is 4.87. The van der Waals surface area contributed by atoms with E-state index >= 15 is 0 Å². The zero-order chi connectivity index (χ0) is 24.0. The molecule has 1 aromatic heterocycles. The number of carbonyl (C=O) groups excluding carboxylic acids is 2. The highest BCUT2D eigenvalue weighted by Crippen LogP contribution is 2.23. The van der Waals surface area contributed by atoms with Gasteiger partial charge in [-0.25, -0.2) is 10.2 Å². The highest BCUT2D eigenvalue weighted by Gasteiger charge is 2.18.